The molecule has 1 atom stereocenters. The minimum Gasteiger partial charge on any atom is -0.374 e. The van der Waals surface area contributed by atoms with Gasteiger partial charge in [-0.2, -0.15) is 0 Å². The molecule has 2 heterocycles. The van der Waals surface area contributed by atoms with E-state index in [0.29, 0.717) is 5.02 Å². The van der Waals surface area contributed by atoms with Crippen LogP contribution < -0.4 is 4.90 Å². The molecule has 1 saturated heterocycles. The van der Waals surface area contributed by atoms with E-state index in [9.17, 15) is 0 Å². The number of alkyl halides is 1. The summed E-state index contributed by atoms with van der Waals surface area (Å²) in [6.07, 6.45) is 3.68. The molecule has 1 aliphatic rings. The molecule has 1 aromatic rings. The highest BCUT2D eigenvalue weighted by atomic mass is 79.9. The molecule has 82 valence electrons. The summed E-state index contributed by atoms with van der Waals surface area (Å²) < 4.78 is 5.57. The van der Waals surface area contributed by atoms with Gasteiger partial charge in [-0.3, -0.25) is 4.98 Å². The standard InChI is InChI=1S/C10H12BrClN2O/c11-5-8-7-14(3-4-15-8)10-1-2-13-6-9(10)12/h1-2,6,8H,3-5,7H2. The van der Waals surface area contributed by atoms with E-state index in [1.165, 1.54) is 0 Å². The summed E-state index contributed by atoms with van der Waals surface area (Å²) in [5, 5.41) is 1.55. The van der Waals surface area contributed by atoms with Gasteiger partial charge < -0.3 is 9.64 Å². The van der Waals surface area contributed by atoms with Gasteiger partial charge in [0.1, 0.15) is 0 Å². The number of rotatable bonds is 2. The van der Waals surface area contributed by atoms with Crippen LogP contribution in [0.2, 0.25) is 5.02 Å². The number of nitrogens with zero attached hydrogens (tertiary/aromatic N) is 2. The van der Waals surface area contributed by atoms with Gasteiger partial charge >= 0.3 is 0 Å². The molecule has 3 nitrogen and oxygen atoms in total. The molecular formula is C10H12BrClN2O. The summed E-state index contributed by atoms with van der Waals surface area (Å²) in [5.74, 6) is 0. The van der Waals surface area contributed by atoms with Crippen molar-refractivity contribution in [1.82, 2.24) is 4.98 Å². The lowest BCUT2D eigenvalue weighted by Gasteiger charge is -2.34. The normalized spacial score (nSPS) is 21.7. The molecule has 0 bridgehead atoms. The second-order valence-corrected chi connectivity index (χ2v) is 4.47. The SMILES string of the molecule is Clc1cnccc1N1CCOC(CBr)C1. The third-order valence-corrected chi connectivity index (χ3v) is 3.42. The van der Waals surface area contributed by atoms with E-state index in [1.54, 1.807) is 12.4 Å². The van der Waals surface area contributed by atoms with Crippen molar-refractivity contribution >= 4 is 33.2 Å². The molecule has 1 unspecified atom stereocenters. The van der Waals surface area contributed by atoms with E-state index < -0.39 is 0 Å². The van der Waals surface area contributed by atoms with Crippen LogP contribution >= 0.6 is 27.5 Å². The van der Waals surface area contributed by atoms with Crippen molar-refractivity contribution in [3.05, 3.63) is 23.5 Å². The largest absolute Gasteiger partial charge is 0.374 e. The van der Waals surface area contributed by atoms with E-state index in [2.05, 4.69) is 25.8 Å². The highest BCUT2D eigenvalue weighted by Gasteiger charge is 2.20. The topological polar surface area (TPSA) is 25.4 Å². The van der Waals surface area contributed by atoms with Crippen LogP contribution in [0, 0.1) is 0 Å². The summed E-state index contributed by atoms with van der Waals surface area (Å²) >= 11 is 9.52. The zero-order valence-corrected chi connectivity index (χ0v) is 10.5. The molecule has 1 aromatic heterocycles. The van der Waals surface area contributed by atoms with Crippen LogP contribution in [0.15, 0.2) is 18.5 Å². The Morgan fingerprint density at radius 1 is 1.67 bits per heavy atom. The molecular weight excluding hydrogens is 279 g/mol. The van der Waals surface area contributed by atoms with Crippen molar-refractivity contribution in [3.63, 3.8) is 0 Å². The number of hydrogen-bond acceptors (Lipinski definition) is 3. The molecule has 0 N–H and O–H groups in total. The quantitative estimate of drug-likeness (QED) is 0.782. The Morgan fingerprint density at radius 2 is 2.53 bits per heavy atom. The van der Waals surface area contributed by atoms with Crippen molar-refractivity contribution < 1.29 is 4.74 Å². The molecule has 0 aliphatic carbocycles. The average molecular weight is 292 g/mol. The number of pyridine rings is 1. The number of anilines is 1. The van der Waals surface area contributed by atoms with E-state index in [-0.39, 0.29) is 6.10 Å². The monoisotopic (exact) mass is 290 g/mol. The van der Waals surface area contributed by atoms with Crippen LogP contribution in [0.4, 0.5) is 5.69 Å². The second kappa shape index (κ2) is 5.14. The summed E-state index contributed by atoms with van der Waals surface area (Å²) in [7, 11) is 0. The van der Waals surface area contributed by atoms with Gasteiger partial charge in [0.25, 0.3) is 0 Å². The highest BCUT2D eigenvalue weighted by Crippen LogP contribution is 2.25. The zero-order valence-electron chi connectivity index (χ0n) is 8.20. The van der Waals surface area contributed by atoms with E-state index in [1.807, 2.05) is 6.07 Å². The summed E-state index contributed by atoms with van der Waals surface area (Å²) in [6.45, 7) is 2.50. The van der Waals surface area contributed by atoms with Crippen molar-refractivity contribution in [2.45, 2.75) is 6.10 Å². The fourth-order valence-electron chi connectivity index (χ4n) is 1.66. The molecule has 15 heavy (non-hydrogen) atoms. The smallest absolute Gasteiger partial charge is 0.0847 e. The molecule has 0 radical (unpaired) electrons. The zero-order chi connectivity index (χ0) is 10.7. The van der Waals surface area contributed by atoms with Gasteiger partial charge in [-0.1, -0.05) is 27.5 Å². The Labute approximate surface area is 103 Å². The highest BCUT2D eigenvalue weighted by molar-refractivity contribution is 9.09. The summed E-state index contributed by atoms with van der Waals surface area (Å²) in [5.41, 5.74) is 1.04. The van der Waals surface area contributed by atoms with Crippen LogP contribution in [0.25, 0.3) is 0 Å². The van der Waals surface area contributed by atoms with Crippen LogP contribution in [0.1, 0.15) is 0 Å². The van der Waals surface area contributed by atoms with Crippen LogP contribution in [-0.2, 0) is 4.74 Å². The third-order valence-electron chi connectivity index (χ3n) is 2.40. The molecule has 5 heteroatoms. The van der Waals surface area contributed by atoms with E-state index >= 15 is 0 Å². The molecule has 1 fully saturated rings. The maximum Gasteiger partial charge on any atom is 0.0847 e. The Morgan fingerprint density at radius 3 is 3.27 bits per heavy atom. The van der Waals surface area contributed by atoms with E-state index in [0.717, 1.165) is 30.7 Å². The van der Waals surface area contributed by atoms with Crippen LogP contribution in [-0.4, -0.2) is 36.1 Å². The predicted molar refractivity (Wildman–Crippen MR) is 65.0 cm³/mol. The number of ether oxygens (including phenoxy) is 1. The number of aromatic nitrogens is 1. The second-order valence-electron chi connectivity index (χ2n) is 3.42. The van der Waals surface area contributed by atoms with Crippen molar-refractivity contribution in [3.8, 4) is 0 Å². The van der Waals surface area contributed by atoms with Gasteiger partial charge in [0.15, 0.2) is 0 Å². The number of morpholine rings is 1. The maximum atomic E-state index is 6.09. The number of halogens is 2. The summed E-state index contributed by atoms with van der Waals surface area (Å²) in [4.78, 5) is 6.22. The lowest BCUT2D eigenvalue weighted by Crippen LogP contribution is -2.43. The van der Waals surface area contributed by atoms with Crippen molar-refractivity contribution in [2.75, 3.05) is 29.9 Å². The lowest BCUT2D eigenvalue weighted by atomic mass is 10.2. The minimum atomic E-state index is 0.239. The van der Waals surface area contributed by atoms with Gasteiger partial charge in [0.05, 0.1) is 23.4 Å². The van der Waals surface area contributed by atoms with Crippen LogP contribution in [0.3, 0.4) is 0 Å². The Balaban J connectivity index is 2.13. The lowest BCUT2D eigenvalue weighted by molar-refractivity contribution is 0.0571. The van der Waals surface area contributed by atoms with Crippen molar-refractivity contribution in [1.29, 1.82) is 0 Å². The third kappa shape index (κ3) is 2.62. The molecule has 0 aromatic carbocycles. The van der Waals surface area contributed by atoms with Gasteiger partial charge in [0.2, 0.25) is 0 Å². The molecule has 0 saturated carbocycles. The van der Waals surface area contributed by atoms with Crippen molar-refractivity contribution in [2.24, 2.45) is 0 Å². The molecule has 2 rings (SSSR count). The Hall–Kier alpha value is -0.320. The van der Waals surface area contributed by atoms with Gasteiger partial charge in [-0.05, 0) is 6.07 Å². The first-order chi connectivity index (χ1) is 7.31. The van der Waals surface area contributed by atoms with E-state index in [4.69, 9.17) is 16.3 Å². The van der Waals surface area contributed by atoms with Gasteiger partial charge in [-0.25, -0.2) is 0 Å². The first kappa shape index (κ1) is 11.2. The predicted octanol–water partition coefficient (Wildman–Crippen LogP) is 2.34. The number of hydrogen-bond donors (Lipinski definition) is 0. The maximum absolute atomic E-state index is 6.09. The molecule has 0 amide bonds. The Bertz CT molecular complexity index is 337. The fraction of sp³-hybridized carbons (Fsp3) is 0.500. The molecule has 0 spiro atoms. The first-order valence-corrected chi connectivity index (χ1v) is 6.33. The Kier molecular flexibility index (Phi) is 3.83. The molecule has 1 aliphatic heterocycles. The van der Waals surface area contributed by atoms with Gasteiger partial charge in [-0.15, -0.1) is 0 Å². The first-order valence-electron chi connectivity index (χ1n) is 4.83. The fourth-order valence-corrected chi connectivity index (χ4v) is 2.29. The minimum absolute atomic E-state index is 0.239. The van der Waals surface area contributed by atoms with Crippen LogP contribution in [0.5, 0.6) is 0 Å². The summed E-state index contributed by atoms with van der Waals surface area (Å²) in [6, 6.07) is 1.94. The average Bonchev–Trinajstić information content (AvgIpc) is 2.30. The van der Waals surface area contributed by atoms with Gasteiger partial charge in [0, 0.05) is 30.8 Å².